The van der Waals surface area contributed by atoms with Crippen molar-refractivity contribution in [3.8, 4) is 11.5 Å². The summed E-state index contributed by atoms with van der Waals surface area (Å²) < 4.78 is 26.6. The zero-order valence-corrected chi connectivity index (χ0v) is 26.7. The molecular weight excluding hydrogens is 562 g/mol. The van der Waals surface area contributed by atoms with Gasteiger partial charge >= 0.3 is 12.2 Å². The highest BCUT2D eigenvalue weighted by Gasteiger charge is 2.51. The Morgan fingerprint density at radius 1 is 0.909 bits per heavy atom. The van der Waals surface area contributed by atoms with E-state index in [0.29, 0.717) is 65.0 Å². The van der Waals surface area contributed by atoms with Gasteiger partial charge in [-0.25, -0.2) is 9.59 Å². The second-order valence-electron chi connectivity index (χ2n) is 11.4. The summed E-state index contributed by atoms with van der Waals surface area (Å²) in [7, 11) is 3.37. The lowest BCUT2D eigenvalue weighted by molar-refractivity contribution is -0.124. The molecule has 0 N–H and O–H groups in total. The van der Waals surface area contributed by atoms with E-state index in [0.717, 1.165) is 10.8 Å². The van der Waals surface area contributed by atoms with Gasteiger partial charge in [0.15, 0.2) is 12.2 Å². The van der Waals surface area contributed by atoms with Crippen LogP contribution in [0.1, 0.15) is 53.2 Å². The van der Waals surface area contributed by atoms with Crippen LogP contribution in [0.4, 0.5) is 9.59 Å². The summed E-state index contributed by atoms with van der Waals surface area (Å²) in [5.41, 5.74) is 0.262. The minimum absolute atomic E-state index is 0.222. The van der Waals surface area contributed by atoms with E-state index in [-0.39, 0.29) is 5.43 Å². The van der Waals surface area contributed by atoms with Gasteiger partial charge in [0.05, 0.1) is 34.5 Å². The fraction of sp³-hybridized carbons (Fsp3) is 0.441. The highest BCUT2D eigenvalue weighted by Crippen LogP contribution is 2.49. The number of pyridine rings is 1. The van der Waals surface area contributed by atoms with Crippen LogP contribution in [0.5, 0.6) is 11.5 Å². The van der Waals surface area contributed by atoms with Gasteiger partial charge in [-0.15, -0.1) is 0 Å². The molecule has 4 aromatic rings. The second kappa shape index (κ2) is 11.9. The van der Waals surface area contributed by atoms with E-state index in [9.17, 15) is 14.4 Å². The van der Waals surface area contributed by atoms with Gasteiger partial charge in [0, 0.05) is 39.3 Å². The van der Waals surface area contributed by atoms with Gasteiger partial charge in [0.2, 0.25) is 5.43 Å². The molecule has 1 aromatic heterocycles. The zero-order valence-electron chi connectivity index (χ0n) is 26.7. The molecule has 1 aliphatic rings. The van der Waals surface area contributed by atoms with Crippen LogP contribution in [-0.2, 0) is 16.5 Å². The molecule has 10 nitrogen and oxygen atoms in total. The molecule has 0 fully saturated rings. The largest absolute Gasteiger partial charge is 0.496 e. The quantitative estimate of drug-likeness (QED) is 0.178. The zero-order chi connectivity index (χ0) is 31.9. The number of amides is 2. The van der Waals surface area contributed by atoms with E-state index in [1.165, 1.54) is 7.11 Å². The van der Waals surface area contributed by atoms with E-state index in [2.05, 4.69) is 0 Å². The molecule has 0 saturated heterocycles. The van der Waals surface area contributed by atoms with Crippen molar-refractivity contribution >= 4 is 44.8 Å². The van der Waals surface area contributed by atoms with Crippen LogP contribution in [-0.4, -0.2) is 71.5 Å². The first-order valence-electron chi connectivity index (χ1n) is 15.2. The minimum atomic E-state index is -1.12. The predicted octanol–water partition coefficient (Wildman–Crippen LogP) is 6.39. The fourth-order valence-corrected chi connectivity index (χ4v) is 6.26. The lowest BCUT2D eigenvalue weighted by atomic mass is 9.86. The normalized spacial score (nSPS) is 17.2. The standard InChI is InChI=1S/C34H41N3O7/c1-9-36(10-2)32(39)42-30-27-24(44-34(5,6)31(30)43-33(40)37(11-3)12-4)19-23(41-8)26-28(27)35(7)22-18-17-20-15-13-14-16-21(20)25(22)29(26)38/h13-19,30-31H,9-12H2,1-8H3/t30-,31-/m1/s1. The Morgan fingerprint density at radius 3 is 2.14 bits per heavy atom. The summed E-state index contributed by atoms with van der Waals surface area (Å²) in [6, 6.07) is 13.3. The third kappa shape index (κ3) is 4.96. The SMILES string of the molecule is CCN(CC)C(=O)O[C@@H]1c2c(cc(OC)c3c(=O)c4c5ccccc5ccc4n(C)c23)OC(C)(C)[C@@H]1OC(=O)N(CC)CC. The molecule has 0 radical (unpaired) electrons. The molecule has 0 saturated carbocycles. The number of hydrogen-bond acceptors (Lipinski definition) is 7. The Morgan fingerprint density at radius 2 is 1.52 bits per heavy atom. The maximum absolute atomic E-state index is 14.5. The monoisotopic (exact) mass is 603 g/mol. The number of hydrogen-bond donors (Lipinski definition) is 0. The third-order valence-corrected chi connectivity index (χ3v) is 8.66. The van der Waals surface area contributed by atoms with Crippen LogP contribution in [0, 0.1) is 0 Å². The van der Waals surface area contributed by atoms with Crippen LogP contribution in [0.15, 0.2) is 47.3 Å². The maximum atomic E-state index is 14.5. The van der Waals surface area contributed by atoms with Crippen LogP contribution in [0.2, 0.25) is 0 Å². The summed E-state index contributed by atoms with van der Waals surface area (Å²) in [5.74, 6) is 0.708. The molecule has 0 aliphatic carbocycles. The first-order valence-corrected chi connectivity index (χ1v) is 15.2. The van der Waals surface area contributed by atoms with Crippen molar-refractivity contribution in [3.05, 3.63) is 58.3 Å². The summed E-state index contributed by atoms with van der Waals surface area (Å²) in [5, 5.41) is 2.63. The number of fused-ring (bicyclic) bond motifs is 6. The first-order chi connectivity index (χ1) is 21.0. The average molecular weight is 604 g/mol. The lowest BCUT2D eigenvalue weighted by Gasteiger charge is -2.44. The smallest absolute Gasteiger partial charge is 0.410 e. The maximum Gasteiger partial charge on any atom is 0.410 e. The summed E-state index contributed by atoms with van der Waals surface area (Å²) in [6.07, 6.45) is -3.25. The van der Waals surface area contributed by atoms with Crippen molar-refractivity contribution in [2.45, 2.75) is 59.4 Å². The van der Waals surface area contributed by atoms with Crippen molar-refractivity contribution < 1.29 is 28.5 Å². The van der Waals surface area contributed by atoms with Gasteiger partial charge in [0.1, 0.15) is 17.1 Å². The number of nitrogens with zero attached hydrogens (tertiary/aromatic N) is 3. The predicted molar refractivity (Wildman–Crippen MR) is 171 cm³/mol. The van der Waals surface area contributed by atoms with E-state index < -0.39 is 30.0 Å². The Kier molecular flexibility index (Phi) is 8.38. The molecule has 234 valence electrons. The number of aryl methyl sites for hydroxylation is 1. The Bertz CT molecular complexity index is 1800. The number of ether oxygens (including phenoxy) is 4. The molecule has 2 amide bonds. The molecule has 10 heteroatoms. The van der Waals surface area contributed by atoms with Crippen LogP contribution >= 0.6 is 0 Å². The summed E-state index contributed by atoms with van der Waals surface area (Å²) >= 11 is 0. The second-order valence-corrected chi connectivity index (χ2v) is 11.4. The van der Waals surface area contributed by atoms with Crippen LogP contribution < -0.4 is 14.9 Å². The molecule has 44 heavy (non-hydrogen) atoms. The lowest BCUT2D eigenvalue weighted by Crippen LogP contribution is -2.54. The van der Waals surface area contributed by atoms with E-state index in [1.54, 1.807) is 29.7 Å². The van der Waals surface area contributed by atoms with Gasteiger partial charge < -0.3 is 33.3 Å². The molecule has 1 aliphatic heterocycles. The third-order valence-electron chi connectivity index (χ3n) is 8.66. The molecule has 2 atom stereocenters. The van der Waals surface area contributed by atoms with Crippen molar-refractivity contribution in [3.63, 3.8) is 0 Å². The average Bonchev–Trinajstić information content (AvgIpc) is 3.01. The highest BCUT2D eigenvalue weighted by atomic mass is 16.6. The molecule has 3 aromatic carbocycles. The highest BCUT2D eigenvalue weighted by molar-refractivity contribution is 6.11. The Balaban J connectivity index is 1.87. The molecule has 0 bridgehead atoms. The Hall–Kier alpha value is -4.47. The number of carbonyl (C=O) groups is 2. The van der Waals surface area contributed by atoms with Crippen molar-refractivity contribution in [1.82, 2.24) is 14.4 Å². The van der Waals surface area contributed by atoms with E-state index in [4.69, 9.17) is 18.9 Å². The number of benzene rings is 3. The molecular formula is C34H41N3O7. The number of rotatable bonds is 7. The molecule has 0 spiro atoms. The topological polar surface area (TPSA) is 99.5 Å². The van der Waals surface area contributed by atoms with Gasteiger partial charge in [0.25, 0.3) is 0 Å². The molecule has 0 unspecified atom stereocenters. The number of carbonyl (C=O) groups excluding carboxylic acids is 2. The van der Waals surface area contributed by atoms with E-state index in [1.807, 2.05) is 75.7 Å². The van der Waals surface area contributed by atoms with Crippen molar-refractivity contribution in [2.24, 2.45) is 7.05 Å². The number of aromatic nitrogens is 1. The Labute approximate surface area is 257 Å². The van der Waals surface area contributed by atoms with Gasteiger partial charge in [-0.3, -0.25) is 4.79 Å². The van der Waals surface area contributed by atoms with Crippen molar-refractivity contribution in [2.75, 3.05) is 33.3 Å². The van der Waals surface area contributed by atoms with Crippen molar-refractivity contribution in [1.29, 1.82) is 0 Å². The first kappa shape index (κ1) is 31.0. The van der Waals surface area contributed by atoms with Crippen LogP contribution in [0.3, 0.4) is 0 Å². The van der Waals surface area contributed by atoms with Gasteiger partial charge in [-0.1, -0.05) is 30.3 Å². The van der Waals surface area contributed by atoms with E-state index >= 15 is 0 Å². The summed E-state index contributed by atoms with van der Waals surface area (Å²) in [6.45, 7) is 12.8. The number of methoxy groups -OCH3 is 1. The molecule has 2 heterocycles. The van der Waals surface area contributed by atoms with Gasteiger partial charge in [-0.2, -0.15) is 0 Å². The summed E-state index contributed by atoms with van der Waals surface area (Å²) in [4.78, 5) is 44.5. The fourth-order valence-electron chi connectivity index (χ4n) is 6.26. The van der Waals surface area contributed by atoms with Gasteiger partial charge in [-0.05, 0) is 58.4 Å². The minimum Gasteiger partial charge on any atom is -0.496 e. The van der Waals surface area contributed by atoms with Crippen LogP contribution in [0.25, 0.3) is 32.6 Å². The molecule has 5 rings (SSSR count).